The van der Waals surface area contributed by atoms with Crippen LogP contribution in [0.25, 0.3) is 21.9 Å². The molecule has 2 heterocycles. The summed E-state index contributed by atoms with van der Waals surface area (Å²) < 4.78 is 5.84. The summed E-state index contributed by atoms with van der Waals surface area (Å²) in [5.41, 5.74) is 4.01. The van der Waals surface area contributed by atoms with E-state index in [9.17, 15) is 0 Å². The molecule has 0 aliphatic rings. The molecule has 0 fully saturated rings. The molecular weight excluding hydrogens is 280 g/mol. The van der Waals surface area contributed by atoms with E-state index < -0.39 is 0 Å². The molecule has 0 spiro atoms. The first-order valence-corrected chi connectivity index (χ1v) is 7.74. The Morgan fingerprint density at radius 1 is 1.10 bits per heavy atom. The van der Waals surface area contributed by atoms with Crippen LogP contribution in [0.2, 0.25) is 0 Å². The number of nitrogens with zero attached hydrogens (tertiary/aromatic N) is 1. The van der Waals surface area contributed by atoms with Crippen molar-refractivity contribution in [2.75, 3.05) is 5.32 Å². The number of benzene rings is 2. The number of hydrogen-bond donors (Lipinski definition) is 1. The fraction of sp³-hybridized carbons (Fsp3) is 0.118. The highest BCUT2D eigenvalue weighted by atomic mass is 32.1. The van der Waals surface area contributed by atoms with Gasteiger partial charge in [0, 0.05) is 21.8 Å². The molecule has 1 N–H and O–H groups in total. The number of thiazole rings is 1. The van der Waals surface area contributed by atoms with Crippen molar-refractivity contribution < 1.29 is 4.42 Å². The summed E-state index contributed by atoms with van der Waals surface area (Å²) in [4.78, 5) is 4.47. The Morgan fingerprint density at radius 2 is 1.95 bits per heavy atom. The zero-order valence-corrected chi connectivity index (χ0v) is 12.4. The van der Waals surface area contributed by atoms with Crippen LogP contribution in [0.15, 0.2) is 52.3 Å². The van der Waals surface area contributed by atoms with Gasteiger partial charge in [-0.3, -0.25) is 0 Å². The molecule has 3 nitrogen and oxygen atoms in total. The van der Waals surface area contributed by atoms with E-state index in [0.29, 0.717) is 0 Å². The molecule has 21 heavy (non-hydrogen) atoms. The highest BCUT2D eigenvalue weighted by molar-refractivity contribution is 7.09. The average molecular weight is 294 g/mol. The first kappa shape index (κ1) is 12.4. The molecule has 0 atom stereocenters. The Morgan fingerprint density at radius 3 is 2.81 bits per heavy atom. The summed E-state index contributed by atoms with van der Waals surface area (Å²) in [5, 5.41) is 8.91. The van der Waals surface area contributed by atoms with Crippen LogP contribution in [0.3, 0.4) is 0 Å². The number of nitrogens with one attached hydrogen (secondary N) is 1. The number of para-hydroxylation sites is 1. The van der Waals surface area contributed by atoms with Gasteiger partial charge in [0.25, 0.3) is 0 Å². The Kier molecular flexibility index (Phi) is 2.89. The maximum atomic E-state index is 5.84. The first-order valence-electron chi connectivity index (χ1n) is 6.86. The van der Waals surface area contributed by atoms with Crippen molar-refractivity contribution in [3.8, 4) is 0 Å². The fourth-order valence-electron chi connectivity index (χ4n) is 2.52. The third kappa shape index (κ3) is 2.28. The van der Waals surface area contributed by atoms with E-state index in [-0.39, 0.29) is 0 Å². The van der Waals surface area contributed by atoms with E-state index >= 15 is 0 Å². The molecule has 0 saturated heterocycles. The van der Waals surface area contributed by atoms with E-state index in [1.165, 1.54) is 0 Å². The maximum Gasteiger partial charge on any atom is 0.135 e. The second-order valence-electron chi connectivity index (χ2n) is 5.02. The Labute approximate surface area is 126 Å². The van der Waals surface area contributed by atoms with Gasteiger partial charge in [0.1, 0.15) is 11.2 Å². The summed E-state index contributed by atoms with van der Waals surface area (Å²) in [6.07, 6.45) is 0. The molecule has 0 radical (unpaired) electrons. The molecule has 0 saturated carbocycles. The lowest BCUT2D eigenvalue weighted by molar-refractivity contribution is 0.669. The summed E-state index contributed by atoms with van der Waals surface area (Å²) >= 11 is 1.68. The smallest absolute Gasteiger partial charge is 0.135 e. The SMILES string of the molecule is Cc1nc(CNc2ccc3oc4ccccc4c3c2)cs1. The number of furan rings is 1. The molecule has 4 heteroatoms. The highest BCUT2D eigenvalue weighted by Crippen LogP contribution is 2.30. The fourth-order valence-corrected chi connectivity index (χ4v) is 3.13. The predicted molar refractivity (Wildman–Crippen MR) is 87.9 cm³/mol. The Bertz CT molecular complexity index is 923. The number of anilines is 1. The van der Waals surface area contributed by atoms with E-state index in [2.05, 4.69) is 27.8 Å². The van der Waals surface area contributed by atoms with E-state index in [1.807, 2.05) is 37.3 Å². The normalized spacial score (nSPS) is 11.3. The Balaban J connectivity index is 1.68. The van der Waals surface area contributed by atoms with Crippen LogP contribution in [-0.4, -0.2) is 4.98 Å². The van der Waals surface area contributed by atoms with Crippen molar-refractivity contribution in [3.63, 3.8) is 0 Å². The van der Waals surface area contributed by atoms with Gasteiger partial charge >= 0.3 is 0 Å². The quantitative estimate of drug-likeness (QED) is 0.580. The van der Waals surface area contributed by atoms with Gasteiger partial charge in [0.15, 0.2) is 0 Å². The summed E-state index contributed by atoms with van der Waals surface area (Å²) in [6.45, 7) is 2.77. The largest absolute Gasteiger partial charge is 0.456 e. The summed E-state index contributed by atoms with van der Waals surface area (Å²) in [7, 11) is 0. The highest BCUT2D eigenvalue weighted by Gasteiger charge is 2.07. The standard InChI is InChI=1S/C17H14N2OS/c1-11-19-13(10-21-11)9-18-12-6-7-17-15(8-12)14-4-2-3-5-16(14)20-17/h2-8,10,18H,9H2,1H3. The van der Waals surface area contributed by atoms with Gasteiger partial charge in [-0.25, -0.2) is 4.98 Å². The zero-order chi connectivity index (χ0) is 14.2. The zero-order valence-electron chi connectivity index (χ0n) is 11.6. The van der Waals surface area contributed by atoms with E-state index in [4.69, 9.17) is 4.42 Å². The lowest BCUT2D eigenvalue weighted by Crippen LogP contribution is -1.99. The summed E-state index contributed by atoms with van der Waals surface area (Å²) in [6, 6.07) is 14.3. The molecule has 0 aliphatic carbocycles. The predicted octanol–water partition coefficient (Wildman–Crippen LogP) is 4.96. The lowest BCUT2D eigenvalue weighted by Gasteiger charge is -2.04. The topological polar surface area (TPSA) is 38.1 Å². The van der Waals surface area contributed by atoms with Crippen LogP contribution in [0, 0.1) is 6.92 Å². The monoisotopic (exact) mass is 294 g/mol. The van der Waals surface area contributed by atoms with E-state index in [0.717, 1.165) is 44.9 Å². The molecule has 2 aromatic heterocycles. The molecule has 4 aromatic rings. The van der Waals surface area contributed by atoms with Gasteiger partial charge in [-0.2, -0.15) is 0 Å². The minimum absolute atomic E-state index is 0.742. The van der Waals surface area contributed by atoms with Crippen LogP contribution < -0.4 is 5.32 Å². The van der Waals surface area contributed by atoms with Crippen LogP contribution in [0.4, 0.5) is 5.69 Å². The van der Waals surface area contributed by atoms with Gasteiger partial charge < -0.3 is 9.73 Å². The van der Waals surface area contributed by atoms with Crippen LogP contribution in [0.5, 0.6) is 0 Å². The van der Waals surface area contributed by atoms with Gasteiger partial charge in [-0.05, 0) is 31.2 Å². The molecule has 4 rings (SSSR count). The average Bonchev–Trinajstić information content (AvgIpc) is 3.08. The molecule has 0 unspecified atom stereocenters. The molecule has 0 aliphatic heterocycles. The van der Waals surface area contributed by atoms with Crippen molar-refractivity contribution in [1.29, 1.82) is 0 Å². The molecule has 2 aromatic carbocycles. The number of hydrogen-bond acceptors (Lipinski definition) is 4. The van der Waals surface area contributed by atoms with Crippen molar-refractivity contribution in [2.45, 2.75) is 13.5 Å². The van der Waals surface area contributed by atoms with Gasteiger partial charge in [-0.1, -0.05) is 18.2 Å². The number of aromatic nitrogens is 1. The third-order valence-electron chi connectivity index (χ3n) is 3.52. The van der Waals surface area contributed by atoms with E-state index in [1.54, 1.807) is 11.3 Å². The van der Waals surface area contributed by atoms with Crippen LogP contribution >= 0.6 is 11.3 Å². The number of fused-ring (bicyclic) bond motifs is 3. The van der Waals surface area contributed by atoms with Gasteiger partial charge in [-0.15, -0.1) is 11.3 Å². The maximum absolute atomic E-state index is 5.84. The number of aryl methyl sites for hydroxylation is 1. The molecule has 0 amide bonds. The summed E-state index contributed by atoms with van der Waals surface area (Å²) in [5.74, 6) is 0. The van der Waals surface area contributed by atoms with Crippen molar-refractivity contribution >= 4 is 39.0 Å². The first-order chi connectivity index (χ1) is 10.3. The Hall–Kier alpha value is -2.33. The van der Waals surface area contributed by atoms with Gasteiger partial charge in [0.2, 0.25) is 0 Å². The van der Waals surface area contributed by atoms with Crippen LogP contribution in [-0.2, 0) is 6.54 Å². The molecule has 0 bridgehead atoms. The van der Waals surface area contributed by atoms with Gasteiger partial charge in [0.05, 0.1) is 17.2 Å². The second kappa shape index (κ2) is 4.90. The second-order valence-corrected chi connectivity index (χ2v) is 6.08. The van der Waals surface area contributed by atoms with Crippen LogP contribution in [0.1, 0.15) is 10.7 Å². The third-order valence-corrected chi connectivity index (χ3v) is 4.34. The van der Waals surface area contributed by atoms with Crippen molar-refractivity contribution in [3.05, 3.63) is 58.5 Å². The van der Waals surface area contributed by atoms with Crippen molar-refractivity contribution in [1.82, 2.24) is 4.98 Å². The minimum Gasteiger partial charge on any atom is -0.456 e. The minimum atomic E-state index is 0.742. The number of rotatable bonds is 3. The lowest BCUT2D eigenvalue weighted by atomic mass is 10.1. The molecule has 104 valence electrons. The molecular formula is C17H14N2OS. The van der Waals surface area contributed by atoms with Crippen molar-refractivity contribution in [2.24, 2.45) is 0 Å².